The van der Waals surface area contributed by atoms with Crippen LogP contribution in [0.4, 0.5) is 0 Å². The Morgan fingerprint density at radius 3 is 2.36 bits per heavy atom. The van der Waals surface area contributed by atoms with Crippen LogP contribution in [-0.2, 0) is 27.3 Å². The molecule has 0 fully saturated rings. The lowest BCUT2D eigenvalue weighted by molar-refractivity contribution is -0.147. The maximum Gasteiger partial charge on any atom is 0.310 e. The number of esters is 1. The summed E-state index contributed by atoms with van der Waals surface area (Å²) in [5.74, 6) is 0.525. The zero-order valence-corrected chi connectivity index (χ0v) is 14.3. The number of rotatable bonds is 8. The molecule has 0 aromatic heterocycles. The third-order valence-electron chi connectivity index (χ3n) is 3.54. The van der Waals surface area contributed by atoms with Crippen molar-refractivity contribution in [3.05, 3.63) is 59.7 Å². The fourth-order valence-corrected chi connectivity index (χ4v) is 2.20. The maximum absolute atomic E-state index is 11.9. The van der Waals surface area contributed by atoms with Crippen LogP contribution in [0.5, 0.6) is 11.5 Å². The highest BCUT2D eigenvalue weighted by Gasteiger charge is 2.11. The summed E-state index contributed by atoms with van der Waals surface area (Å²) >= 11 is 0. The van der Waals surface area contributed by atoms with E-state index >= 15 is 0 Å². The Labute approximate surface area is 146 Å². The van der Waals surface area contributed by atoms with Gasteiger partial charge in [0.1, 0.15) is 11.5 Å². The fourth-order valence-electron chi connectivity index (χ4n) is 2.20. The first-order valence-corrected chi connectivity index (χ1v) is 7.79. The van der Waals surface area contributed by atoms with Crippen LogP contribution in [0.3, 0.4) is 0 Å². The van der Waals surface area contributed by atoms with Crippen LogP contribution in [0.15, 0.2) is 48.5 Å². The number of hydrogen-bond acceptors (Lipinski definition) is 5. The van der Waals surface area contributed by atoms with E-state index in [0.29, 0.717) is 17.9 Å². The maximum atomic E-state index is 11.9. The molecular formula is C19H21NO5. The van der Waals surface area contributed by atoms with E-state index in [9.17, 15) is 9.59 Å². The molecule has 0 bridgehead atoms. The summed E-state index contributed by atoms with van der Waals surface area (Å²) in [7, 11) is 3.13. The molecule has 2 aromatic rings. The second-order valence-electron chi connectivity index (χ2n) is 5.27. The van der Waals surface area contributed by atoms with Gasteiger partial charge >= 0.3 is 5.97 Å². The number of methoxy groups -OCH3 is 2. The van der Waals surface area contributed by atoms with Crippen molar-refractivity contribution in [3.63, 3.8) is 0 Å². The molecule has 25 heavy (non-hydrogen) atoms. The zero-order valence-electron chi connectivity index (χ0n) is 14.3. The molecule has 1 amide bonds. The molecule has 132 valence electrons. The van der Waals surface area contributed by atoms with Gasteiger partial charge in [-0.3, -0.25) is 9.59 Å². The van der Waals surface area contributed by atoms with E-state index in [4.69, 9.17) is 14.2 Å². The van der Waals surface area contributed by atoms with Crippen molar-refractivity contribution >= 4 is 11.9 Å². The van der Waals surface area contributed by atoms with Gasteiger partial charge in [0.05, 0.1) is 20.6 Å². The first-order chi connectivity index (χ1) is 12.1. The summed E-state index contributed by atoms with van der Waals surface area (Å²) in [6.07, 6.45) is 0.0514. The average Bonchev–Trinajstić information content (AvgIpc) is 2.65. The van der Waals surface area contributed by atoms with Crippen molar-refractivity contribution in [1.29, 1.82) is 0 Å². The molecule has 0 aliphatic carbocycles. The normalized spacial score (nSPS) is 10.0. The molecular weight excluding hydrogens is 322 g/mol. The minimum absolute atomic E-state index is 0.0514. The van der Waals surface area contributed by atoms with Crippen molar-refractivity contribution < 1.29 is 23.8 Å². The molecule has 0 spiro atoms. The van der Waals surface area contributed by atoms with Crippen molar-refractivity contribution in [2.45, 2.75) is 13.0 Å². The van der Waals surface area contributed by atoms with Gasteiger partial charge in [-0.15, -0.1) is 0 Å². The van der Waals surface area contributed by atoms with E-state index in [1.807, 2.05) is 36.4 Å². The van der Waals surface area contributed by atoms with Gasteiger partial charge < -0.3 is 19.5 Å². The first-order valence-electron chi connectivity index (χ1n) is 7.79. The molecule has 6 nitrogen and oxygen atoms in total. The molecule has 0 unspecified atom stereocenters. The van der Waals surface area contributed by atoms with E-state index in [1.54, 1.807) is 19.2 Å². The Bertz CT molecular complexity index is 712. The van der Waals surface area contributed by atoms with E-state index in [1.165, 1.54) is 7.11 Å². The highest BCUT2D eigenvalue weighted by molar-refractivity contribution is 5.81. The van der Waals surface area contributed by atoms with Crippen LogP contribution in [0.25, 0.3) is 0 Å². The molecule has 0 aliphatic rings. The van der Waals surface area contributed by atoms with Crippen molar-refractivity contribution in [1.82, 2.24) is 5.32 Å². The SMILES string of the molecule is COc1ccc(CNC(=O)COC(=O)Cc2ccccc2OC)cc1. The van der Waals surface area contributed by atoms with Gasteiger partial charge in [0.2, 0.25) is 0 Å². The van der Waals surface area contributed by atoms with E-state index in [-0.39, 0.29) is 18.9 Å². The number of ether oxygens (including phenoxy) is 3. The van der Waals surface area contributed by atoms with Crippen LogP contribution in [-0.4, -0.2) is 32.7 Å². The molecule has 0 atom stereocenters. The fraction of sp³-hybridized carbons (Fsp3) is 0.263. The predicted octanol–water partition coefficient (Wildman–Crippen LogP) is 2.11. The summed E-state index contributed by atoms with van der Waals surface area (Å²) in [5, 5.41) is 2.70. The molecule has 0 heterocycles. The van der Waals surface area contributed by atoms with Crippen LogP contribution in [0.1, 0.15) is 11.1 Å². The average molecular weight is 343 g/mol. The number of benzene rings is 2. The summed E-state index contributed by atoms with van der Waals surface area (Å²) in [4.78, 5) is 23.6. The first kappa shape index (κ1) is 18.3. The molecule has 1 N–H and O–H groups in total. The quantitative estimate of drug-likeness (QED) is 0.743. The second kappa shape index (κ2) is 9.32. The topological polar surface area (TPSA) is 73.9 Å². The number of carbonyl (C=O) groups excluding carboxylic acids is 2. The van der Waals surface area contributed by atoms with Gasteiger partial charge in [0.25, 0.3) is 5.91 Å². The molecule has 0 saturated heterocycles. The highest BCUT2D eigenvalue weighted by Crippen LogP contribution is 2.18. The van der Waals surface area contributed by atoms with Crippen molar-refractivity contribution in [2.24, 2.45) is 0 Å². The Morgan fingerprint density at radius 2 is 1.68 bits per heavy atom. The summed E-state index contributed by atoms with van der Waals surface area (Å²) in [6.45, 7) is 0.0387. The third kappa shape index (κ3) is 5.84. The van der Waals surface area contributed by atoms with Crippen molar-refractivity contribution in [3.8, 4) is 11.5 Å². The summed E-state index contributed by atoms with van der Waals surface area (Å²) in [6, 6.07) is 14.5. The van der Waals surface area contributed by atoms with Gasteiger partial charge in [-0.1, -0.05) is 30.3 Å². The minimum Gasteiger partial charge on any atom is -0.497 e. The van der Waals surface area contributed by atoms with Gasteiger partial charge in [-0.25, -0.2) is 0 Å². The second-order valence-corrected chi connectivity index (χ2v) is 5.27. The third-order valence-corrected chi connectivity index (χ3v) is 3.54. The molecule has 0 radical (unpaired) electrons. The monoisotopic (exact) mass is 343 g/mol. The van der Waals surface area contributed by atoms with Crippen LogP contribution in [0, 0.1) is 0 Å². The van der Waals surface area contributed by atoms with Crippen LogP contribution < -0.4 is 14.8 Å². The lowest BCUT2D eigenvalue weighted by Gasteiger charge is -2.09. The lowest BCUT2D eigenvalue weighted by Crippen LogP contribution is -2.28. The molecule has 0 aliphatic heterocycles. The molecule has 0 saturated carbocycles. The van der Waals surface area contributed by atoms with Gasteiger partial charge in [0, 0.05) is 12.1 Å². The molecule has 2 aromatic carbocycles. The van der Waals surface area contributed by atoms with E-state index in [2.05, 4.69) is 5.32 Å². The minimum atomic E-state index is -0.482. The number of carbonyl (C=O) groups is 2. The van der Waals surface area contributed by atoms with E-state index in [0.717, 1.165) is 11.3 Å². The standard InChI is InChI=1S/C19H21NO5/c1-23-16-9-7-14(8-10-16)12-20-18(21)13-25-19(22)11-15-5-3-4-6-17(15)24-2/h3-10H,11-13H2,1-2H3,(H,20,21). The molecule has 6 heteroatoms. The summed E-state index contributed by atoms with van der Waals surface area (Å²) < 4.78 is 15.3. The van der Waals surface area contributed by atoms with Gasteiger partial charge in [-0.05, 0) is 23.8 Å². The lowest BCUT2D eigenvalue weighted by atomic mass is 10.1. The smallest absolute Gasteiger partial charge is 0.310 e. The number of para-hydroxylation sites is 1. The van der Waals surface area contributed by atoms with E-state index < -0.39 is 5.97 Å². The number of amides is 1. The Morgan fingerprint density at radius 1 is 0.960 bits per heavy atom. The highest BCUT2D eigenvalue weighted by atomic mass is 16.5. The Hall–Kier alpha value is -3.02. The van der Waals surface area contributed by atoms with Crippen LogP contribution >= 0.6 is 0 Å². The molecule has 2 rings (SSSR count). The number of nitrogens with one attached hydrogen (secondary N) is 1. The zero-order chi connectivity index (χ0) is 18.1. The predicted molar refractivity (Wildman–Crippen MR) is 92.5 cm³/mol. The number of hydrogen-bond donors (Lipinski definition) is 1. The van der Waals surface area contributed by atoms with Gasteiger partial charge in [0.15, 0.2) is 6.61 Å². The Balaban J connectivity index is 1.74. The van der Waals surface area contributed by atoms with Crippen molar-refractivity contribution in [2.75, 3.05) is 20.8 Å². The Kier molecular flexibility index (Phi) is 6.83. The largest absolute Gasteiger partial charge is 0.497 e. The van der Waals surface area contributed by atoms with Gasteiger partial charge in [-0.2, -0.15) is 0 Å². The summed E-state index contributed by atoms with van der Waals surface area (Å²) in [5.41, 5.74) is 1.64. The van der Waals surface area contributed by atoms with Crippen LogP contribution in [0.2, 0.25) is 0 Å².